The Morgan fingerprint density at radius 3 is 3.05 bits per heavy atom. The minimum atomic E-state index is -0.555. The van der Waals surface area contributed by atoms with E-state index in [0.717, 1.165) is 25.7 Å². The van der Waals surface area contributed by atoms with E-state index in [1.54, 1.807) is 12.1 Å². The van der Waals surface area contributed by atoms with Crippen molar-refractivity contribution in [2.45, 2.75) is 44.2 Å². The van der Waals surface area contributed by atoms with Crippen molar-refractivity contribution in [2.75, 3.05) is 13.1 Å². The smallest absolute Gasteiger partial charge is 0.289 e. The van der Waals surface area contributed by atoms with Crippen molar-refractivity contribution < 1.29 is 14.3 Å². The molecular weight excluding hydrogens is 256 g/mol. The minimum absolute atomic E-state index is 0.0858. The van der Waals surface area contributed by atoms with Gasteiger partial charge in [-0.1, -0.05) is 12.8 Å². The van der Waals surface area contributed by atoms with Crippen molar-refractivity contribution in [3.05, 3.63) is 23.7 Å². The fraction of sp³-hybridized carbons (Fsp3) is 0.667. The van der Waals surface area contributed by atoms with Crippen LogP contribution in [0.25, 0.3) is 0 Å². The topological polar surface area (TPSA) is 79.7 Å². The maximum atomic E-state index is 12.4. The summed E-state index contributed by atoms with van der Waals surface area (Å²) in [7, 11) is 0. The maximum absolute atomic E-state index is 12.4. The summed E-state index contributed by atoms with van der Waals surface area (Å²) in [6.07, 6.45) is 4.80. The lowest BCUT2D eigenvalue weighted by atomic mass is 9.71. The number of aliphatic hydroxyl groups is 1. The Balaban J connectivity index is 1.71. The minimum Gasteiger partial charge on any atom is -0.455 e. The number of hydrogen-bond acceptors (Lipinski definition) is 4. The zero-order valence-corrected chi connectivity index (χ0v) is 11.7. The number of carbonyl (C=O) groups is 1. The Kier molecular flexibility index (Phi) is 3.56. The predicted molar refractivity (Wildman–Crippen MR) is 74.0 cm³/mol. The second-order valence-corrected chi connectivity index (χ2v) is 6.02. The van der Waals surface area contributed by atoms with Gasteiger partial charge in [0.05, 0.1) is 12.1 Å². The molecule has 0 radical (unpaired) electrons. The third-order valence-corrected chi connectivity index (χ3v) is 4.79. The van der Waals surface area contributed by atoms with Crippen LogP contribution in [0.1, 0.15) is 48.4 Å². The molecule has 3 rings (SSSR count). The molecule has 2 atom stereocenters. The van der Waals surface area contributed by atoms with Crippen LogP contribution in [0.15, 0.2) is 16.5 Å². The molecule has 2 aliphatic rings. The molecule has 1 aromatic heterocycles. The van der Waals surface area contributed by atoms with Crippen molar-refractivity contribution >= 4 is 5.91 Å². The fourth-order valence-electron chi connectivity index (χ4n) is 3.51. The van der Waals surface area contributed by atoms with Gasteiger partial charge in [0.2, 0.25) is 0 Å². The molecule has 20 heavy (non-hydrogen) atoms. The number of furan rings is 1. The van der Waals surface area contributed by atoms with Crippen LogP contribution < -0.4 is 5.73 Å². The summed E-state index contributed by atoms with van der Waals surface area (Å²) in [4.78, 5) is 14.2. The number of carbonyl (C=O) groups excluding carboxylic acids is 1. The van der Waals surface area contributed by atoms with Crippen LogP contribution >= 0.6 is 0 Å². The Hall–Kier alpha value is -1.33. The largest absolute Gasteiger partial charge is 0.455 e. The number of likely N-dealkylation sites (tertiary alicyclic amines) is 1. The molecule has 1 aromatic rings. The van der Waals surface area contributed by atoms with E-state index in [-0.39, 0.29) is 11.8 Å². The molecule has 110 valence electrons. The average Bonchev–Trinajstić information content (AvgIpc) is 2.94. The lowest BCUT2D eigenvalue weighted by molar-refractivity contribution is -0.0889. The molecule has 2 heterocycles. The molecule has 1 aliphatic carbocycles. The summed E-state index contributed by atoms with van der Waals surface area (Å²) in [6.45, 7) is 1.54. The van der Waals surface area contributed by atoms with Gasteiger partial charge in [-0.3, -0.25) is 4.79 Å². The molecule has 1 amide bonds. The summed E-state index contributed by atoms with van der Waals surface area (Å²) in [5.41, 5.74) is 4.94. The number of hydrogen-bond donors (Lipinski definition) is 2. The normalized spacial score (nSPS) is 30.1. The van der Waals surface area contributed by atoms with Crippen LogP contribution in [0.3, 0.4) is 0 Å². The molecule has 5 nitrogen and oxygen atoms in total. The highest BCUT2D eigenvalue weighted by atomic mass is 16.4. The van der Waals surface area contributed by atoms with E-state index in [0.29, 0.717) is 37.6 Å². The van der Waals surface area contributed by atoms with Crippen molar-refractivity contribution in [3.8, 4) is 0 Å². The lowest BCUT2D eigenvalue weighted by Crippen LogP contribution is -2.54. The van der Waals surface area contributed by atoms with Crippen LogP contribution in [0.2, 0.25) is 0 Å². The van der Waals surface area contributed by atoms with Gasteiger partial charge in [-0.15, -0.1) is 0 Å². The molecule has 3 N–H and O–H groups in total. The van der Waals surface area contributed by atoms with Gasteiger partial charge in [-0.2, -0.15) is 0 Å². The van der Waals surface area contributed by atoms with E-state index in [2.05, 4.69) is 0 Å². The third kappa shape index (κ3) is 2.36. The fourth-order valence-corrected chi connectivity index (χ4v) is 3.51. The van der Waals surface area contributed by atoms with Crippen molar-refractivity contribution in [3.63, 3.8) is 0 Å². The third-order valence-electron chi connectivity index (χ3n) is 4.79. The van der Waals surface area contributed by atoms with Gasteiger partial charge in [-0.25, -0.2) is 0 Å². The maximum Gasteiger partial charge on any atom is 0.289 e. The second kappa shape index (κ2) is 5.22. The van der Waals surface area contributed by atoms with Crippen molar-refractivity contribution in [2.24, 2.45) is 11.7 Å². The molecule has 0 spiro atoms. The number of nitrogens with two attached hydrogens (primary N) is 1. The standard InChI is InChI=1S/C15H22N2O3/c16-9-12-4-5-13(20-12)14(18)17-8-7-15(19)6-2-1-3-11(15)10-17/h4-5,11,19H,1-3,6-10,16H2. The molecule has 2 fully saturated rings. The lowest BCUT2D eigenvalue weighted by Gasteiger charge is -2.47. The van der Waals surface area contributed by atoms with E-state index < -0.39 is 5.60 Å². The van der Waals surface area contributed by atoms with Gasteiger partial charge in [0, 0.05) is 19.0 Å². The van der Waals surface area contributed by atoms with Gasteiger partial charge in [0.15, 0.2) is 5.76 Å². The second-order valence-electron chi connectivity index (χ2n) is 6.02. The molecule has 1 saturated heterocycles. The monoisotopic (exact) mass is 278 g/mol. The summed E-state index contributed by atoms with van der Waals surface area (Å²) in [5.74, 6) is 1.10. The summed E-state index contributed by atoms with van der Waals surface area (Å²) in [6, 6.07) is 3.43. The van der Waals surface area contributed by atoms with Crippen molar-refractivity contribution in [1.29, 1.82) is 0 Å². The molecule has 0 aromatic carbocycles. The van der Waals surface area contributed by atoms with Crippen LogP contribution in [0, 0.1) is 5.92 Å². The van der Waals surface area contributed by atoms with E-state index in [9.17, 15) is 9.90 Å². The highest BCUT2D eigenvalue weighted by Gasteiger charge is 2.44. The number of piperidine rings is 1. The zero-order chi connectivity index (χ0) is 14.2. The number of nitrogens with zero attached hydrogens (tertiary/aromatic N) is 1. The van der Waals surface area contributed by atoms with Crippen LogP contribution in [0.5, 0.6) is 0 Å². The van der Waals surface area contributed by atoms with E-state index in [4.69, 9.17) is 10.2 Å². The number of amides is 1. The number of rotatable bonds is 2. The summed E-state index contributed by atoms with van der Waals surface area (Å²) in [5, 5.41) is 10.6. The van der Waals surface area contributed by atoms with E-state index in [1.165, 1.54) is 0 Å². The average molecular weight is 278 g/mol. The van der Waals surface area contributed by atoms with Crippen LogP contribution in [0.4, 0.5) is 0 Å². The highest BCUT2D eigenvalue weighted by molar-refractivity contribution is 5.91. The Labute approximate surface area is 118 Å². The predicted octanol–water partition coefficient (Wildman–Crippen LogP) is 1.51. The number of fused-ring (bicyclic) bond motifs is 1. The SMILES string of the molecule is NCc1ccc(C(=O)N2CCC3(O)CCCCC3C2)o1. The molecule has 1 saturated carbocycles. The molecular formula is C15H22N2O3. The molecule has 1 aliphatic heterocycles. The zero-order valence-electron chi connectivity index (χ0n) is 11.7. The molecule has 5 heteroatoms. The van der Waals surface area contributed by atoms with Crippen LogP contribution in [-0.2, 0) is 6.54 Å². The van der Waals surface area contributed by atoms with Gasteiger partial charge in [0.25, 0.3) is 5.91 Å². The van der Waals surface area contributed by atoms with E-state index in [1.807, 2.05) is 4.90 Å². The first-order valence-corrected chi connectivity index (χ1v) is 7.43. The van der Waals surface area contributed by atoms with Gasteiger partial charge in [0.1, 0.15) is 5.76 Å². The van der Waals surface area contributed by atoms with Gasteiger partial charge in [-0.05, 0) is 31.4 Å². The van der Waals surface area contributed by atoms with Crippen LogP contribution in [-0.4, -0.2) is 34.6 Å². The summed E-state index contributed by atoms with van der Waals surface area (Å²) >= 11 is 0. The van der Waals surface area contributed by atoms with E-state index >= 15 is 0 Å². The first-order chi connectivity index (χ1) is 9.62. The van der Waals surface area contributed by atoms with Gasteiger partial charge < -0.3 is 20.2 Å². The Bertz CT molecular complexity index is 499. The van der Waals surface area contributed by atoms with Gasteiger partial charge >= 0.3 is 0 Å². The van der Waals surface area contributed by atoms with Crippen molar-refractivity contribution in [1.82, 2.24) is 4.90 Å². The summed E-state index contributed by atoms with van der Waals surface area (Å²) < 4.78 is 5.43. The Morgan fingerprint density at radius 1 is 1.45 bits per heavy atom. The Morgan fingerprint density at radius 2 is 2.30 bits per heavy atom. The first kappa shape index (κ1) is 13.6. The highest BCUT2D eigenvalue weighted by Crippen LogP contribution is 2.40. The molecule has 0 bridgehead atoms. The first-order valence-electron chi connectivity index (χ1n) is 7.43. The quantitative estimate of drug-likeness (QED) is 0.859. The molecule has 2 unspecified atom stereocenters.